The van der Waals surface area contributed by atoms with E-state index in [0.29, 0.717) is 12.1 Å². The average molecular weight is 281 g/mol. The molecule has 0 aliphatic rings. The summed E-state index contributed by atoms with van der Waals surface area (Å²) in [5.41, 5.74) is 0.713. The van der Waals surface area contributed by atoms with Crippen molar-refractivity contribution >= 4 is 27.5 Å². The molecule has 0 radical (unpaired) electrons. The number of unbranched alkanes of at least 4 members (excludes halogenated alkanes) is 2. The zero-order valence-electron chi connectivity index (χ0n) is 8.87. The Kier molecular flexibility index (Phi) is 5.58. The first-order valence-corrected chi connectivity index (χ1v) is 5.86. The zero-order chi connectivity index (χ0) is 11.8. The van der Waals surface area contributed by atoms with E-state index in [2.05, 4.69) is 32.2 Å². The number of nitrogens with zero attached hydrogens (tertiary/aromatic N) is 1. The predicted molar refractivity (Wildman–Crippen MR) is 67.9 cm³/mol. The quantitative estimate of drug-likeness (QED) is 0.512. The third-order valence-corrected chi connectivity index (χ3v) is 2.46. The summed E-state index contributed by atoms with van der Waals surface area (Å²) in [6, 6.07) is 3.59. The van der Waals surface area contributed by atoms with Gasteiger partial charge in [0.05, 0.1) is 11.9 Å². The summed E-state index contributed by atoms with van der Waals surface area (Å²) in [4.78, 5) is 15.5. The molecule has 1 heterocycles. The Morgan fingerprint density at radius 3 is 2.94 bits per heavy atom. The minimum absolute atomic E-state index is 0.00106. The van der Waals surface area contributed by atoms with E-state index in [1.165, 1.54) is 0 Å². The standard InChI is InChI=1S/C12H13BrN2O/c1-2-3-4-5-6-12(16)15-10-7-8-11(13)14-9-10/h1,7-9H,3-6H2,(H,15,16). The number of rotatable bonds is 5. The van der Waals surface area contributed by atoms with Gasteiger partial charge in [-0.3, -0.25) is 4.79 Å². The molecule has 0 fully saturated rings. The zero-order valence-corrected chi connectivity index (χ0v) is 10.5. The highest BCUT2D eigenvalue weighted by molar-refractivity contribution is 9.10. The molecule has 1 amide bonds. The molecular weight excluding hydrogens is 268 g/mol. The fraction of sp³-hybridized carbons (Fsp3) is 0.333. The first kappa shape index (κ1) is 12.7. The van der Waals surface area contributed by atoms with E-state index >= 15 is 0 Å². The summed E-state index contributed by atoms with van der Waals surface area (Å²) in [5.74, 6) is 2.55. The summed E-state index contributed by atoms with van der Waals surface area (Å²) in [7, 11) is 0. The highest BCUT2D eigenvalue weighted by atomic mass is 79.9. The maximum atomic E-state index is 11.5. The second-order valence-electron chi connectivity index (χ2n) is 3.33. The number of nitrogens with one attached hydrogen (secondary N) is 1. The van der Waals surface area contributed by atoms with Crippen molar-refractivity contribution in [2.75, 3.05) is 5.32 Å². The van der Waals surface area contributed by atoms with Gasteiger partial charge >= 0.3 is 0 Å². The summed E-state index contributed by atoms with van der Waals surface area (Å²) in [6.07, 6.45) is 9.67. The summed E-state index contributed by atoms with van der Waals surface area (Å²) >= 11 is 3.23. The lowest BCUT2D eigenvalue weighted by Gasteiger charge is -2.03. The molecular formula is C12H13BrN2O. The molecule has 84 valence electrons. The van der Waals surface area contributed by atoms with Gasteiger partial charge in [0.25, 0.3) is 0 Å². The molecule has 0 atom stereocenters. The third-order valence-electron chi connectivity index (χ3n) is 1.99. The fourth-order valence-corrected chi connectivity index (χ4v) is 1.42. The predicted octanol–water partition coefficient (Wildman–Crippen LogP) is 2.98. The first-order valence-electron chi connectivity index (χ1n) is 5.07. The Labute approximate surface area is 104 Å². The topological polar surface area (TPSA) is 42.0 Å². The van der Waals surface area contributed by atoms with E-state index < -0.39 is 0 Å². The monoisotopic (exact) mass is 280 g/mol. The second-order valence-corrected chi connectivity index (χ2v) is 4.14. The molecule has 3 nitrogen and oxygen atoms in total. The van der Waals surface area contributed by atoms with Crippen molar-refractivity contribution in [2.45, 2.75) is 25.7 Å². The molecule has 0 unspecified atom stereocenters. The fourth-order valence-electron chi connectivity index (χ4n) is 1.19. The molecule has 1 aromatic rings. The normalized spacial score (nSPS) is 9.50. The molecule has 16 heavy (non-hydrogen) atoms. The van der Waals surface area contributed by atoms with Crippen LogP contribution in [-0.2, 0) is 4.79 Å². The molecule has 0 spiro atoms. The lowest BCUT2D eigenvalue weighted by molar-refractivity contribution is -0.116. The Morgan fingerprint density at radius 1 is 1.50 bits per heavy atom. The minimum atomic E-state index is 0.00106. The Morgan fingerprint density at radius 2 is 2.31 bits per heavy atom. The van der Waals surface area contributed by atoms with E-state index in [-0.39, 0.29) is 5.91 Å². The Hall–Kier alpha value is -1.34. The first-order chi connectivity index (χ1) is 7.72. The van der Waals surface area contributed by atoms with Crippen molar-refractivity contribution in [3.63, 3.8) is 0 Å². The van der Waals surface area contributed by atoms with E-state index in [1.807, 2.05) is 0 Å². The molecule has 4 heteroatoms. The van der Waals surface area contributed by atoms with Crippen molar-refractivity contribution in [2.24, 2.45) is 0 Å². The number of halogens is 1. The highest BCUT2D eigenvalue weighted by Crippen LogP contribution is 2.11. The third kappa shape index (κ3) is 4.94. The van der Waals surface area contributed by atoms with Crippen LogP contribution in [0.3, 0.4) is 0 Å². The van der Waals surface area contributed by atoms with Gasteiger partial charge in [-0.15, -0.1) is 12.3 Å². The minimum Gasteiger partial charge on any atom is -0.325 e. The number of terminal acetylenes is 1. The van der Waals surface area contributed by atoms with Crippen LogP contribution >= 0.6 is 15.9 Å². The van der Waals surface area contributed by atoms with Crippen molar-refractivity contribution in [3.8, 4) is 12.3 Å². The van der Waals surface area contributed by atoms with Gasteiger partial charge in [-0.25, -0.2) is 4.98 Å². The Balaban J connectivity index is 2.29. The number of carbonyl (C=O) groups excluding carboxylic acids is 1. The van der Waals surface area contributed by atoms with Crippen LogP contribution in [0.2, 0.25) is 0 Å². The molecule has 0 aliphatic carbocycles. The smallest absolute Gasteiger partial charge is 0.224 e. The molecule has 1 rings (SSSR count). The lowest BCUT2D eigenvalue weighted by atomic mass is 10.2. The number of hydrogen-bond donors (Lipinski definition) is 1. The molecule has 0 saturated carbocycles. The van der Waals surface area contributed by atoms with Gasteiger partial charge < -0.3 is 5.32 Å². The SMILES string of the molecule is C#CCCCCC(=O)Nc1ccc(Br)nc1. The van der Waals surface area contributed by atoms with Crippen LogP contribution in [0.1, 0.15) is 25.7 Å². The molecule has 1 aromatic heterocycles. The number of hydrogen-bond acceptors (Lipinski definition) is 2. The van der Waals surface area contributed by atoms with Gasteiger partial charge in [0.2, 0.25) is 5.91 Å². The number of amides is 1. The van der Waals surface area contributed by atoms with Crippen LogP contribution < -0.4 is 5.32 Å². The maximum absolute atomic E-state index is 11.5. The lowest BCUT2D eigenvalue weighted by Crippen LogP contribution is -2.11. The summed E-state index contributed by atoms with van der Waals surface area (Å²) in [5, 5.41) is 2.77. The van der Waals surface area contributed by atoms with Crippen molar-refractivity contribution < 1.29 is 4.79 Å². The number of aromatic nitrogens is 1. The highest BCUT2D eigenvalue weighted by Gasteiger charge is 2.01. The second kappa shape index (κ2) is 7.02. The summed E-state index contributed by atoms with van der Waals surface area (Å²) in [6.45, 7) is 0. The van der Waals surface area contributed by atoms with Crippen LogP contribution in [0.25, 0.3) is 0 Å². The largest absolute Gasteiger partial charge is 0.325 e. The molecule has 0 aromatic carbocycles. The van der Waals surface area contributed by atoms with E-state index in [1.54, 1.807) is 18.3 Å². The molecule has 0 bridgehead atoms. The van der Waals surface area contributed by atoms with Crippen LogP contribution in [0.5, 0.6) is 0 Å². The van der Waals surface area contributed by atoms with Crippen LogP contribution in [0, 0.1) is 12.3 Å². The molecule has 1 N–H and O–H groups in total. The van der Waals surface area contributed by atoms with Gasteiger partial charge in [-0.2, -0.15) is 0 Å². The van der Waals surface area contributed by atoms with Gasteiger partial charge in [-0.1, -0.05) is 0 Å². The molecule has 0 aliphatic heterocycles. The maximum Gasteiger partial charge on any atom is 0.224 e. The average Bonchev–Trinajstić information content (AvgIpc) is 2.28. The van der Waals surface area contributed by atoms with Crippen LogP contribution in [-0.4, -0.2) is 10.9 Å². The van der Waals surface area contributed by atoms with E-state index in [0.717, 1.165) is 23.9 Å². The van der Waals surface area contributed by atoms with Gasteiger partial charge in [0.15, 0.2) is 0 Å². The van der Waals surface area contributed by atoms with Gasteiger partial charge in [0.1, 0.15) is 4.60 Å². The van der Waals surface area contributed by atoms with E-state index in [9.17, 15) is 4.79 Å². The van der Waals surface area contributed by atoms with Crippen molar-refractivity contribution in [3.05, 3.63) is 22.9 Å². The van der Waals surface area contributed by atoms with Crippen LogP contribution in [0.4, 0.5) is 5.69 Å². The summed E-state index contributed by atoms with van der Waals surface area (Å²) < 4.78 is 0.750. The number of carbonyl (C=O) groups is 1. The number of pyridine rings is 1. The van der Waals surface area contributed by atoms with Gasteiger partial charge in [-0.05, 0) is 40.9 Å². The Bertz CT molecular complexity index is 381. The van der Waals surface area contributed by atoms with Crippen LogP contribution in [0.15, 0.2) is 22.9 Å². The van der Waals surface area contributed by atoms with Crippen molar-refractivity contribution in [1.29, 1.82) is 0 Å². The number of anilines is 1. The van der Waals surface area contributed by atoms with Crippen molar-refractivity contribution in [1.82, 2.24) is 4.98 Å². The van der Waals surface area contributed by atoms with Gasteiger partial charge in [0, 0.05) is 12.8 Å². The van der Waals surface area contributed by atoms with E-state index in [4.69, 9.17) is 6.42 Å². The molecule has 0 saturated heterocycles.